The summed E-state index contributed by atoms with van der Waals surface area (Å²) in [4.78, 5) is 35.8. The minimum Gasteiger partial charge on any atom is -0.455 e. The van der Waals surface area contributed by atoms with Gasteiger partial charge in [-0.3, -0.25) is 19.7 Å². The van der Waals surface area contributed by atoms with Crippen LogP contribution in [0.1, 0.15) is 18.6 Å². The third-order valence-electron chi connectivity index (χ3n) is 6.03. The third-order valence-corrected chi connectivity index (χ3v) is 6.03. The fourth-order valence-corrected chi connectivity index (χ4v) is 4.61. The van der Waals surface area contributed by atoms with Gasteiger partial charge < -0.3 is 4.42 Å². The molecule has 6 rings (SSSR count). The van der Waals surface area contributed by atoms with E-state index in [1.807, 2.05) is 0 Å². The number of amides is 2. The topological polar surface area (TPSA) is 106 Å². The largest absolute Gasteiger partial charge is 0.455 e. The van der Waals surface area contributed by atoms with Gasteiger partial charge >= 0.3 is 0 Å². The Morgan fingerprint density at radius 1 is 1.00 bits per heavy atom. The highest BCUT2D eigenvalue weighted by Crippen LogP contribution is 2.49. The molecule has 8 heteroatoms. The molecule has 0 unspecified atom stereocenters. The predicted molar refractivity (Wildman–Crippen MR) is 103 cm³/mol. The SMILES string of the molecule is O=C1[C@@H]2[C@H](C(=O)N1/N=C\c1ccc(-c3ccc([N+](=O)[O-])cc3)o1)[C@@H]1C=C[C@@H]2CC1. The van der Waals surface area contributed by atoms with E-state index in [1.54, 1.807) is 24.3 Å². The van der Waals surface area contributed by atoms with Gasteiger partial charge in [0.25, 0.3) is 17.5 Å². The van der Waals surface area contributed by atoms with Crippen LogP contribution < -0.4 is 0 Å². The second-order valence-electron chi connectivity index (χ2n) is 7.58. The van der Waals surface area contributed by atoms with E-state index in [9.17, 15) is 19.7 Å². The number of hydrogen-bond donors (Lipinski definition) is 0. The minimum absolute atomic E-state index is 0.00178. The van der Waals surface area contributed by atoms with Gasteiger partial charge in [0.1, 0.15) is 11.5 Å². The van der Waals surface area contributed by atoms with Crippen molar-refractivity contribution in [2.45, 2.75) is 12.8 Å². The van der Waals surface area contributed by atoms with Crippen molar-refractivity contribution in [2.75, 3.05) is 0 Å². The standard InChI is InChI=1S/C21H17N3O5/c25-20-18-13-1-2-14(4-3-13)19(18)21(26)23(20)22-11-16-9-10-17(29-16)12-5-7-15(8-6-12)24(27)28/h1-2,5-11,13-14,18-19H,3-4H2/b22-11-/t13-,14-,18-,19+/m1/s1. The molecule has 0 spiro atoms. The number of carbonyl (C=O) groups excluding carboxylic acids is 2. The van der Waals surface area contributed by atoms with Crippen LogP contribution in [0.25, 0.3) is 11.3 Å². The molecule has 4 aliphatic rings. The number of hydrogen-bond acceptors (Lipinski definition) is 6. The van der Waals surface area contributed by atoms with Crippen molar-refractivity contribution in [1.29, 1.82) is 0 Å². The number of allylic oxidation sites excluding steroid dienone is 2. The van der Waals surface area contributed by atoms with Crippen molar-refractivity contribution in [3.63, 3.8) is 0 Å². The molecule has 2 heterocycles. The average Bonchev–Trinajstić information content (AvgIpc) is 3.32. The van der Waals surface area contributed by atoms with E-state index < -0.39 is 4.92 Å². The van der Waals surface area contributed by atoms with E-state index in [0.29, 0.717) is 17.1 Å². The van der Waals surface area contributed by atoms with Crippen LogP contribution in [0.15, 0.2) is 58.1 Å². The number of carbonyl (C=O) groups is 2. The Labute approximate surface area is 165 Å². The molecular weight excluding hydrogens is 374 g/mol. The van der Waals surface area contributed by atoms with Crippen LogP contribution in [-0.4, -0.2) is 28.0 Å². The molecule has 1 aliphatic heterocycles. The van der Waals surface area contributed by atoms with Crippen LogP contribution >= 0.6 is 0 Å². The van der Waals surface area contributed by atoms with Gasteiger partial charge in [0.2, 0.25) is 0 Å². The highest BCUT2D eigenvalue weighted by atomic mass is 16.6. The summed E-state index contributed by atoms with van der Waals surface area (Å²) in [6.45, 7) is 0. The molecule has 146 valence electrons. The van der Waals surface area contributed by atoms with Crippen LogP contribution in [0.4, 0.5) is 5.69 Å². The summed E-state index contributed by atoms with van der Waals surface area (Å²) in [6.07, 6.45) is 7.37. The molecule has 4 atom stereocenters. The Hall–Kier alpha value is -3.55. The first kappa shape index (κ1) is 17.5. The summed E-state index contributed by atoms with van der Waals surface area (Å²) in [6, 6.07) is 9.37. The summed E-state index contributed by atoms with van der Waals surface area (Å²) in [5.74, 6) is 0.0745. The van der Waals surface area contributed by atoms with Crippen molar-refractivity contribution < 1.29 is 18.9 Å². The molecular formula is C21H17N3O5. The Morgan fingerprint density at radius 3 is 2.17 bits per heavy atom. The first-order valence-corrected chi connectivity index (χ1v) is 9.48. The molecule has 0 radical (unpaired) electrons. The molecule has 8 nitrogen and oxygen atoms in total. The average molecular weight is 391 g/mol. The van der Waals surface area contributed by atoms with Crippen molar-refractivity contribution >= 4 is 23.7 Å². The molecule has 2 bridgehead atoms. The summed E-state index contributed by atoms with van der Waals surface area (Å²) in [7, 11) is 0. The van der Waals surface area contributed by atoms with Crippen molar-refractivity contribution in [3.05, 3.63) is 64.4 Å². The van der Waals surface area contributed by atoms with Gasteiger partial charge in [-0.2, -0.15) is 10.1 Å². The second-order valence-corrected chi connectivity index (χ2v) is 7.58. The number of nitro benzene ring substituents is 1. The lowest BCUT2D eigenvalue weighted by Gasteiger charge is -2.37. The molecule has 1 saturated carbocycles. The van der Waals surface area contributed by atoms with Gasteiger partial charge in [-0.05, 0) is 48.9 Å². The molecule has 2 fully saturated rings. The maximum Gasteiger partial charge on any atom is 0.269 e. The second kappa shape index (κ2) is 6.51. The van der Waals surface area contributed by atoms with Gasteiger partial charge in [0.15, 0.2) is 0 Å². The van der Waals surface area contributed by atoms with Crippen molar-refractivity contribution in [3.8, 4) is 11.3 Å². The van der Waals surface area contributed by atoms with E-state index >= 15 is 0 Å². The molecule has 29 heavy (non-hydrogen) atoms. The number of nitrogens with zero attached hydrogens (tertiary/aromatic N) is 3. The summed E-state index contributed by atoms with van der Waals surface area (Å²) >= 11 is 0. The lowest BCUT2D eigenvalue weighted by Crippen LogP contribution is -2.38. The number of non-ortho nitro benzene ring substituents is 1. The van der Waals surface area contributed by atoms with Crippen LogP contribution in [-0.2, 0) is 9.59 Å². The number of rotatable bonds is 4. The number of imide groups is 1. The lowest BCUT2D eigenvalue weighted by molar-refractivity contribution is -0.384. The molecule has 0 N–H and O–H groups in total. The van der Waals surface area contributed by atoms with Gasteiger partial charge in [-0.25, -0.2) is 0 Å². The van der Waals surface area contributed by atoms with E-state index in [4.69, 9.17) is 4.42 Å². The van der Waals surface area contributed by atoms with Gasteiger partial charge in [0, 0.05) is 17.7 Å². The number of benzene rings is 1. The summed E-state index contributed by atoms with van der Waals surface area (Å²) in [5, 5.41) is 15.9. The number of nitro groups is 1. The van der Waals surface area contributed by atoms with E-state index in [0.717, 1.165) is 17.9 Å². The Bertz CT molecular complexity index is 1040. The third kappa shape index (κ3) is 2.79. The van der Waals surface area contributed by atoms with E-state index in [2.05, 4.69) is 17.3 Å². The quantitative estimate of drug-likeness (QED) is 0.261. The summed E-state index contributed by atoms with van der Waals surface area (Å²) < 4.78 is 5.69. The zero-order valence-electron chi connectivity index (χ0n) is 15.3. The maximum atomic E-state index is 12.7. The van der Waals surface area contributed by atoms with E-state index in [-0.39, 0.29) is 41.2 Å². The monoisotopic (exact) mass is 391 g/mol. The van der Waals surface area contributed by atoms with Crippen molar-refractivity contribution in [1.82, 2.24) is 5.01 Å². The van der Waals surface area contributed by atoms with Crippen LogP contribution in [0, 0.1) is 33.8 Å². The number of hydrazone groups is 1. The highest BCUT2D eigenvalue weighted by Gasteiger charge is 2.56. The Kier molecular flexibility index (Phi) is 3.94. The van der Waals surface area contributed by atoms with Gasteiger partial charge in [-0.1, -0.05) is 12.2 Å². The van der Waals surface area contributed by atoms with Crippen molar-refractivity contribution in [2.24, 2.45) is 28.8 Å². The van der Waals surface area contributed by atoms with Crippen LogP contribution in [0.3, 0.4) is 0 Å². The number of furan rings is 1. The zero-order chi connectivity index (χ0) is 20.1. The molecule has 2 amide bonds. The highest BCUT2D eigenvalue weighted by molar-refractivity contribution is 6.06. The van der Waals surface area contributed by atoms with Gasteiger partial charge in [0.05, 0.1) is 23.0 Å². The summed E-state index contributed by atoms with van der Waals surface area (Å²) in [5.41, 5.74) is 0.676. The number of fused-ring (bicyclic) bond motifs is 1. The fraction of sp³-hybridized carbons (Fsp3) is 0.286. The molecule has 2 aromatic rings. The first-order chi connectivity index (χ1) is 14.0. The normalized spacial score (nSPS) is 27.8. The van der Waals surface area contributed by atoms with Gasteiger partial charge in [-0.15, -0.1) is 0 Å². The molecule has 1 saturated heterocycles. The molecule has 1 aromatic carbocycles. The first-order valence-electron chi connectivity index (χ1n) is 9.48. The molecule has 1 aromatic heterocycles. The Balaban J connectivity index is 1.34. The smallest absolute Gasteiger partial charge is 0.269 e. The molecule has 3 aliphatic carbocycles. The minimum atomic E-state index is -0.465. The maximum absolute atomic E-state index is 12.7. The zero-order valence-corrected chi connectivity index (χ0v) is 15.3. The fourth-order valence-electron chi connectivity index (χ4n) is 4.61. The van der Waals surface area contributed by atoms with Crippen LogP contribution in [0.2, 0.25) is 0 Å². The predicted octanol–water partition coefficient (Wildman–Crippen LogP) is 3.39. The Morgan fingerprint density at radius 2 is 1.62 bits per heavy atom. The lowest BCUT2D eigenvalue weighted by atomic mass is 9.63. The van der Waals surface area contributed by atoms with Crippen LogP contribution in [0.5, 0.6) is 0 Å². The van der Waals surface area contributed by atoms with E-state index in [1.165, 1.54) is 18.3 Å².